The molecule has 1 heterocycles. The summed E-state index contributed by atoms with van der Waals surface area (Å²) in [5, 5.41) is 11.9. The van der Waals surface area contributed by atoms with E-state index < -0.39 is 0 Å². The molecule has 1 N–H and O–H groups in total. The van der Waals surface area contributed by atoms with Crippen molar-refractivity contribution in [2.75, 3.05) is 6.54 Å². The summed E-state index contributed by atoms with van der Waals surface area (Å²) < 4.78 is 0. The maximum atomic E-state index is 8.70. The molecule has 1 aliphatic carbocycles. The molecule has 2 nitrogen and oxygen atoms in total. The molecule has 0 bridgehead atoms. The molecule has 0 radical (unpaired) electrons. The van der Waals surface area contributed by atoms with Gasteiger partial charge in [0.2, 0.25) is 0 Å². The molecule has 1 saturated carbocycles. The van der Waals surface area contributed by atoms with Crippen LogP contribution in [0.15, 0.2) is 0 Å². The first-order valence-corrected chi connectivity index (χ1v) is 4.05. The molecule has 2 rings (SSSR count). The monoisotopic (exact) mass is 136 g/mol. The van der Waals surface area contributed by atoms with Crippen molar-refractivity contribution in [1.82, 2.24) is 5.32 Å². The standard InChI is InChI=1S/C8H12N2/c9-4-8-7-3-1-2-6(7)5-10-8/h6-8,10H,1-3,5H2. The van der Waals surface area contributed by atoms with Gasteiger partial charge in [-0.15, -0.1) is 0 Å². The molecule has 1 saturated heterocycles. The van der Waals surface area contributed by atoms with Crippen LogP contribution in [0.4, 0.5) is 0 Å². The van der Waals surface area contributed by atoms with E-state index >= 15 is 0 Å². The van der Waals surface area contributed by atoms with Crippen LogP contribution in [-0.4, -0.2) is 12.6 Å². The number of nitrogens with zero attached hydrogens (tertiary/aromatic N) is 1. The van der Waals surface area contributed by atoms with Crippen LogP contribution in [0.3, 0.4) is 0 Å². The van der Waals surface area contributed by atoms with Crippen LogP contribution < -0.4 is 5.32 Å². The van der Waals surface area contributed by atoms with Crippen molar-refractivity contribution in [1.29, 1.82) is 5.26 Å². The van der Waals surface area contributed by atoms with Crippen molar-refractivity contribution in [3.63, 3.8) is 0 Å². The van der Waals surface area contributed by atoms with Gasteiger partial charge in [0.1, 0.15) is 0 Å². The zero-order chi connectivity index (χ0) is 6.97. The molecule has 1 aliphatic heterocycles. The number of nitriles is 1. The van der Waals surface area contributed by atoms with Crippen molar-refractivity contribution < 1.29 is 0 Å². The van der Waals surface area contributed by atoms with Crippen LogP contribution >= 0.6 is 0 Å². The first kappa shape index (κ1) is 6.18. The number of hydrogen-bond donors (Lipinski definition) is 1. The van der Waals surface area contributed by atoms with E-state index in [0.29, 0.717) is 5.92 Å². The predicted molar refractivity (Wildman–Crippen MR) is 38.2 cm³/mol. The van der Waals surface area contributed by atoms with Crippen LogP contribution in [0.2, 0.25) is 0 Å². The molecular weight excluding hydrogens is 124 g/mol. The first-order valence-electron chi connectivity index (χ1n) is 4.05. The van der Waals surface area contributed by atoms with Gasteiger partial charge in [0.15, 0.2) is 0 Å². The number of hydrogen-bond acceptors (Lipinski definition) is 2. The molecule has 2 heteroatoms. The fourth-order valence-corrected chi connectivity index (χ4v) is 2.33. The smallest absolute Gasteiger partial charge is 0.0984 e. The van der Waals surface area contributed by atoms with Crippen molar-refractivity contribution >= 4 is 0 Å². The molecule has 0 aromatic rings. The molecule has 3 unspecified atom stereocenters. The van der Waals surface area contributed by atoms with E-state index in [1.165, 1.54) is 19.3 Å². The molecule has 2 aliphatic rings. The summed E-state index contributed by atoms with van der Waals surface area (Å²) in [5.41, 5.74) is 0. The highest BCUT2D eigenvalue weighted by molar-refractivity contribution is 5.04. The van der Waals surface area contributed by atoms with E-state index in [4.69, 9.17) is 5.26 Å². The maximum Gasteiger partial charge on any atom is 0.0984 e. The molecule has 0 amide bonds. The van der Waals surface area contributed by atoms with E-state index in [-0.39, 0.29) is 6.04 Å². The molecule has 10 heavy (non-hydrogen) atoms. The van der Waals surface area contributed by atoms with Gasteiger partial charge in [-0.25, -0.2) is 0 Å². The Kier molecular flexibility index (Phi) is 1.39. The summed E-state index contributed by atoms with van der Waals surface area (Å²) >= 11 is 0. The van der Waals surface area contributed by atoms with Crippen LogP contribution in [0.5, 0.6) is 0 Å². The predicted octanol–water partition coefficient (Wildman–Crippen LogP) is 0.898. The molecule has 0 spiro atoms. The average molecular weight is 136 g/mol. The SMILES string of the molecule is N#CC1NCC2CCCC21. The number of fused-ring (bicyclic) bond motifs is 1. The van der Waals surface area contributed by atoms with Crippen molar-refractivity contribution in [2.24, 2.45) is 11.8 Å². The first-order chi connectivity index (χ1) is 4.92. The molecule has 54 valence electrons. The molecular formula is C8H12N2. The summed E-state index contributed by atoms with van der Waals surface area (Å²) in [4.78, 5) is 0. The molecule has 3 atom stereocenters. The Bertz CT molecular complexity index is 171. The molecule has 0 aromatic carbocycles. The highest BCUT2D eigenvalue weighted by atomic mass is 15.0. The van der Waals surface area contributed by atoms with E-state index in [2.05, 4.69) is 11.4 Å². The van der Waals surface area contributed by atoms with Crippen molar-refractivity contribution in [3.05, 3.63) is 0 Å². The average Bonchev–Trinajstić information content (AvgIpc) is 2.44. The van der Waals surface area contributed by atoms with Crippen LogP contribution in [-0.2, 0) is 0 Å². The van der Waals surface area contributed by atoms with Crippen LogP contribution in [0.1, 0.15) is 19.3 Å². The van der Waals surface area contributed by atoms with Gasteiger partial charge in [0.05, 0.1) is 12.1 Å². The van der Waals surface area contributed by atoms with Gasteiger partial charge in [-0.3, -0.25) is 0 Å². The van der Waals surface area contributed by atoms with Crippen molar-refractivity contribution in [2.45, 2.75) is 25.3 Å². The minimum absolute atomic E-state index is 0.174. The quantitative estimate of drug-likeness (QED) is 0.537. The van der Waals surface area contributed by atoms with Crippen LogP contribution in [0.25, 0.3) is 0 Å². The molecule has 2 fully saturated rings. The second-order valence-electron chi connectivity index (χ2n) is 3.37. The second-order valence-corrected chi connectivity index (χ2v) is 3.37. The van der Waals surface area contributed by atoms with Gasteiger partial charge >= 0.3 is 0 Å². The summed E-state index contributed by atoms with van der Waals surface area (Å²) in [6.45, 7) is 1.09. The Labute approximate surface area is 61.2 Å². The summed E-state index contributed by atoms with van der Waals surface area (Å²) in [7, 11) is 0. The Balaban J connectivity index is 2.10. The number of nitrogens with one attached hydrogen (secondary N) is 1. The second kappa shape index (κ2) is 2.25. The van der Waals surface area contributed by atoms with Gasteiger partial charge in [0, 0.05) is 0 Å². The highest BCUT2D eigenvalue weighted by Crippen LogP contribution is 2.37. The third-order valence-corrected chi connectivity index (χ3v) is 2.89. The van der Waals surface area contributed by atoms with E-state index in [9.17, 15) is 0 Å². The van der Waals surface area contributed by atoms with E-state index in [1.54, 1.807) is 0 Å². The minimum Gasteiger partial charge on any atom is -0.301 e. The Hall–Kier alpha value is -0.550. The van der Waals surface area contributed by atoms with E-state index in [1.807, 2.05) is 0 Å². The Morgan fingerprint density at radius 1 is 1.40 bits per heavy atom. The van der Waals surface area contributed by atoms with Gasteiger partial charge in [0.25, 0.3) is 0 Å². The van der Waals surface area contributed by atoms with Gasteiger partial charge in [-0.05, 0) is 31.2 Å². The summed E-state index contributed by atoms with van der Waals surface area (Å²) in [5.74, 6) is 1.51. The Morgan fingerprint density at radius 3 is 3.10 bits per heavy atom. The molecule has 0 aromatic heterocycles. The van der Waals surface area contributed by atoms with Gasteiger partial charge < -0.3 is 5.32 Å². The zero-order valence-electron chi connectivity index (χ0n) is 6.01. The lowest BCUT2D eigenvalue weighted by Crippen LogP contribution is -2.24. The number of rotatable bonds is 0. The normalized spacial score (nSPS) is 44.9. The largest absolute Gasteiger partial charge is 0.301 e. The van der Waals surface area contributed by atoms with E-state index in [0.717, 1.165) is 12.5 Å². The minimum atomic E-state index is 0.174. The lowest BCUT2D eigenvalue weighted by Gasteiger charge is -2.08. The van der Waals surface area contributed by atoms with Crippen molar-refractivity contribution in [3.8, 4) is 6.07 Å². The van der Waals surface area contributed by atoms with Crippen LogP contribution in [0, 0.1) is 23.2 Å². The third-order valence-electron chi connectivity index (χ3n) is 2.89. The van der Waals surface area contributed by atoms with Gasteiger partial charge in [-0.1, -0.05) is 6.42 Å². The third kappa shape index (κ3) is 0.741. The lowest BCUT2D eigenvalue weighted by atomic mass is 9.95. The maximum absolute atomic E-state index is 8.70. The highest BCUT2D eigenvalue weighted by Gasteiger charge is 2.38. The topological polar surface area (TPSA) is 35.8 Å². The summed E-state index contributed by atoms with van der Waals surface area (Å²) in [6, 6.07) is 2.50. The fraction of sp³-hybridized carbons (Fsp3) is 0.875. The van der Waals surface area contributed by atoms with Gasteiger partial charge in [-0.2, -0.15) is 5.26 Å². The Morgan fingerprint density at radius 2 is 2.30 bits per heavy atom. The fourth-order valence-electron chi connectivity index (χ4n) is 2.33. The zero-order valence-corrected chi connectivity index (χ0v) is 6.01. The lowest BCUT2D eigenvalue weighted by molar-refractivity contribution is 0.460. The summed E-state index contributed by atoms with van der Waals surface area (Å²) in [6.07, 6.45) is 3.96.